The van der Waals surface area contributed by atoms with Crippen LogP contribution in [0.4, 0.5) is 15.9 Å². The van der Waals surface area contributed by atoms with E-state index in [1.165, 1.54) is 24.4 Å². The third-order valence-corrected chi connectivity index (χ3v) is 2.91. The van der Waals surface area contributed by atoms with Crippen LogP contribution in [0.25, 0.3) is 0 Å². The first-order valence-electron chi connectivity index (χ1n) is 6.04. The van der Waals surface area contributed by atoms with Crippen molar-refractivity contribution in [3.63, 3.8) is 0 Å². The molecule has 7 heteroatoms. The van der Waals surface area contributed by atoms with Gasteiger partial charge >= 0.3 is 0 Å². The summed E-state index contributed by atoms with van der Waals surface area (Å²) in [5, 5.41) is 22.3. The van der Waals surface area contributed by atoms with E-state index in [1.54, 1.807) is 6.92 Å². The van der Waals surface area contributed by atoms with Gasteiger partial charge in [-0.15, -0.1) is 0 Å². The summed E-state index contributed by atoms with van der Waals surface area (Å²) in [6.07, 6.45) is 1.38. The summed E-state index contributed by atoms with van der Waals surface area (Å²) in [4.78, 5) is 14.3. The zero-order valence-electron chi connectivity index (χ0n) is 11.1. The number of rotatable bonds is 4. The molecule has 0 atom stereocenters. The maximum atomic E-state index is 13.7. The maximum absolute atomic E-state index is 13.7. The fourth-order valence-corrected chi connectivity index (χ4v) is 1.75. The Bertz CT molecular complexity index is 740. The van der Waals surface area contributed by atoms with Crippen molar-refractivity contribution in [2.24, 2.45) is 0 Å². The first-order valence-corrected chi connectivity index (χ1v) is 6.04. The topological polar surface area (TPSA) is 91.8 Å². The Kier molecular flexibility index (Phi) is 4.09. The van der Waals surface area contributed by atoms with Gasteiger partial charge in [-0.05, 0) is 19.1 Å². The van der Waals surface area contributed by atoms with Crippen LogP contribution in [-0.4, -0.2) is 9.91 Å². The summed E-state index contributed by atoms with van der Waals surface area (Å²) >= 11 is 0. The fraction of sp³-hybridized carbons (Fsp3) is 0.143. The van der Waals surface area contributed by atoms with Gasteiger partial charge in [-0.25, -0.2) is 9.37 Å². The molecule has 0 unspecified atom stereocenters. The molecule has 0 radical (unpaired) electrons. The molecule has 21 heavy (non-hydrogen) atoms. The molecule has 2 rings (SSSR count). The van der Waals surface area contributed by atoms with Crippen LogP contribution in [0.15, 0.2) is 30.5 Å². The van der Waals surface area contributed by atoms with E-state index in [-0.39, 0.29) is 23.6 Å². The molecule has 0 bridgehead atoms. The van der Waals surface area contributed by atoms with E-state index in [0.29, 0.717) is 11.1 Å². The molecular weight excluding hydrogens is 275 g/mol. The van der Waals surface area contributed by atoms with Gasteiger partial charge in [0.05, 0.1) is 22.6 Å². The lowest BCUT2D eigenvalue weighted by atomic mass is 10.1. The number of aryl methyl sites for hydroxylation is 1. The van der Waals surface area contributed by atoms with Gasteiger partial charge in [-0.2, -0.15) is 5.26 Å². The minimum Gasteiger partial charge on any atom is -0.366 e. The highest BCUT2D eigenvalue weighted by molar-refractivity contribution is 5.49. The van der Waals surface area contributed by atoms with Crippen molar-refractivity contribution >= 4 is 11.5 Å². The molecule has 6 nitrogen and oxygen atoms in total. The highest BCUT2D eigenvalue weighted by atomic mass is 19.1. The van der Waals surface area contributed by atoms with Gasteiger partial charge < -0.3 is 5.32 Å². The van der Waals surface area contributed by atoms with Crippen LogP contribution in [0.2, 0.25) is 0 Å². The van der Waals surface area contributed by atoms with E-state index in [1.807, 2.05) is 6.07 Å². The van der Waals surface area contributed by atoms with Crippen LogP contribution in [0.5, 0.6) is 0 Å². The summed E-state index contributed by atoms with van der Waals surface area (Å²) in [5.74, 6) is -0.223. The van der Waals surface area contributed by atoms with Crippen LogP contribution >= 0.6 is 0 Å². The molecule has 2 aromatic rings. The number of hydrogen-bond donors (Lipinski definition) is 1. The van der Waals surface area contributed by atoms with E-state index in [0.717, 1.165) is 6.07 Å². The number of nitro groups is 1. The van der Waals surface area contributed by atoms with E-state index in [2.05, 4.69) is 10.3 Å². The third-order valence-electron chi connectivity index (χ3n) is 2.91. The second-order valence-electron chi connectivity index (χ2n) is 4.38. The summed E-state index contributed by atoms with van der Waals surface area (Å²) in [6, 6.07) is 7.29. The Morgan fingerprint density at radius 1 is 1.48 bits per heavy atom. The number of benzene rings is 1. The molecule has 1 N–H and O–H groups in total. The Morgan fingerprint density at radius 3 is 2.86 bits per heavy atom. The van der Waals surface area contributed by atoms with E-state index in [4.69, 9.17) is 5.26 Å². The molecule has 0 spiro atoms. The third kappa shape index (κ3) is 3.30. The first-order chi connectivity index (χ1) is 10.0. The Balaban J connectivity index is 2.15. The molecule has 0 amide bonds. The molecule has 0 fully saturated rings. The Labute approximate surface area is 120 Å². The predicted molar refractivity (Wildman–Crippen MR) is 74.1 cm³/mol. The molecule has 0 aliphatic carbocycles. The van der Waals surface area contributed by atoms with Gasteiger partial charge in [-0.3, -0.25) is 10.1 Å². The van der Waals surface area contributed by atoms with Crippen molar-refractivity contribution < 1.29 is 9.31 Å². The number of hydrogen-bond acceptors (Lipinski definition) is 5. The summed E-state index contributed by atoms with van der Waals surface area (Å²) in [5.41, 5.74) is 0.988. The van der Waals surface area contributed by atoms with Crippen LogP contribution < -0.4 is 5.32 Å². The fourth-order valence-electron chi connectivity index (χ4n) is 1.75. The normalized spacial score (nSPS) is 9.95. The van der Waals surface area contributed by atoms with Crippen LogP contribution in [-0.2, 0) is 6.54 Å². The van der Waals surface area contributed by atoms with Crippen molar-refractivity contribution in [1.82, 2.24) is 4.98 Å². The van der Waals surface area contributed by atoms with Crippen molar-refractivity contribution in [1.29, 1.82) is 5.26 Å². The Hall–Kier alpha value is -3.01. The zero-order valence-corrected chi connectivity index (χ0v) is 11.1. The first kappa shape index (κ1) is 14.4. The summed E-state index contributed by atoms with van der Waals surface area (Å²) in [7, 11) is 0. The number of pyridine rings is 1. The van der Waals surface area contributed by atoms with Gasteiger partial charge in [-0.1, -0.05) is 6.07 Å². The average Bonchev–Trinajstić information content (AvgIpc) is 2.47. The molecule has 0 saturated heterocycles. The largest absolute Gasteiger partial charge is 0.366 e. The second-order valence-corrected chi connectivity index (χ2v) is 4.38. The van der Waals surface area contributed by atoms with Gasteiger partial charge in [0.15, 0.2) is 0 Å². The lowest BCUT2D eigenvalue weighted by Crippen LogP contribution is -2.04. The molecule has 106 valence electrons. The lowest BCUT2D eigenvalue weighted by Gasteiger charge is -2.07. The van der Waals surface area contributed by atoms with Gasteiger partial charge in [0.25, 0.3) is 5.69 Å². The highest BCUT2D eigenvalue weighted by Gasteiger charge is 2.12. The molecule has 1 aromatic heterocycles. The van der Waals surface area contributed by atoms with Crippen molar-refractivity contribution in [2.45, 2.75) is 13.5 Å². The van der Waals surface area contributed by atoms with E-state index >= 15 is 0 Å². The van der Waals surface area contributed by atoms with Gasteiger partial charge in [0.1, 0.15) is 11.6 Å². The van der Waals surface area contributed by atoms with Gasteiger partial charge in [0.2, 0.25) is 0 Å². The second kappa shape index (κ2) is 5.96. The monoisotopic (exact) mass is 286 g/mol. The highest BCUT2D eigenvalue weighted by Crippen LogP contribution is 2.20. The SMILES string of the molecule is Cc1cnc(NCc2ccc(C#N)cc2F)cc1[N+](=O)[O-]. The number of anilines is 1. The minimum absolute atomic E-state index is 0.0483. The quantitative estimate of drug-likeness (QED) is 0.689. The maximum Gasteiger partial charge on any atom is 0.277 e. The van der Waals surface area contributed by atoms with Crippen molar-refractivity contribution in [2.75, 3.05) is 5.32 Å². The standard InChI is InChI=1S/C14H11FN4O2/c1-9-7-17-14(5-13(9)19(20)21)18-8-11-3-2-10(6-16)4-12(11)15/h2-5,7H,8H2,1H3,(H,17,18). The summed E-state index contributed by atoms with van der Waals surface area (Å²) < 4.78 is 13.7. The summed E-state index contributed by atoms with van der Waals surface area (Å²) in [6.45, 7) is 1.71. The molecule has 1 heterocycles. The van der Waals surface area contributed by atoms with E-state index in [9.17, 15) is 14.5 Å². The van der Waals surface area contributed by atoms with Crippen molar-refractivity contribution in [3.05, 3.63) is 63.1 Å². The number of nitrogens with zero attached hydrogens (tertiary/aromatic N) is 3. The van der Waals surface area contributed by atoms with Crippen LogP contribution in [0.3, 0.4) is 0 Å². The predicted octanol–water partition coefficient (Wildman–Crippen LogP) is 2.92. The molecular formula is C14H11FN4O2. The molecule has 0 saturated carbocycles. The van der Waals surface area contributed by atoms with E-state index < -0.39 is 10.7 Å². The smallest absolute Gasteiger partial charge is 0.277 e. The van der Waals surface area contributed by atoms with Crippen molar-refractivity contribution in [3.8, 4) is 6.07 Å². The molecule has 1 aromatic carbocycles. The van der Waals surface area contributed by atoms with Crippen LogP contribution in [0.1, 0.15) is 16.7 Å². The molecule has 0 aliphatic rings. The van der Waals surface area contributed by atoms with Gasteiger partial charge in [0, 0.05) is 23.9 Å². The average molecular weight is 286 g/mol. The number of nitrogens with one attached hydrogen (secondary N) is 1. The number of nitriles is 1. The number of aromatic nitrogens is 1. The zero-order chi connectivity index (χ0) is 15.4. The molecule has 0 aliphatic heterocycles. The lowest BCUT2D eigenvalue weighted by molar-refractivity contribution is -0.385. The number of halogens is 1. The van der Waals surface area contributed by atoms with Crippen LogP contribution in [0, 0.1) is 34.2 Å². The Morgan fingerprint density at radius 2 is 2.24 bits per heavy atom. The minimum atomic E-state index is -0.511.